The largest absolute Gasteiger partial charge is 0.376 e. The van der Waals surface area contributed by atoms with E-state index in [0.717, 1.165) is 25.0 Å². The summed E-state index contributed by atoms with van der Waals surface area (Å²) in [6.45, 7) is 2.33. The smallest absolute Gasteiger partial charge is 0.225 e. The average Bonchev–Trinajstić information content (AvgIpc) is 3.17. The van der Waals surface area contributed by atoms with E-state index in [9.17, 15) is 9.59 Å². The van der Waals surface area contributed by atoms with Crippen LogP contribution in [0.25, 0.3) is 0 Å². The highest BCUT2D eigenvalue weighted by Gasteiger charge is 2.35. The fourth-order valence-corrected chi connectivity index (χ4v) is 3.22. The monoisotopic (exact) mass is 336 g/mol. The number of likely N-dealkylation sites (tertiary alicyclic amines) is 1. The summed E-state index contributed by atoms with van der Waals surface area (Å²) in [6.07, 6.45) is 2.48. The lowest BCUT2D eigenvalue weighted by molar-refractivity contribution is -0.129. The number of hydrogen-bond donors (Lipinski definition) is 1. The van der Waals surface area contributed by atoms with Crippen molar-refractivity contribution in [1.29, 1.82) is 0 Å². The third-order valence-electron chi connectivity index (χ3n) is 4.41. The van der Waals surface area contributed by atoms with Gasteiger partial charge in [0.1, 0.15) is 0 Å². The van der Waals surface area contributed by atoms with Gasteiger partial charge in [-0.15, -0.1) is 0 Å². The summed E-state index contributed by atoms with van der Waals surface area (Å²) in [4.78, 5) is 26.1. The van der Waals surface area contributed by atoms with Crippen LogP contribution in [0.3, 0.4) is 0 Å². The minimum absolute atomic E-state index is 0.0483. The molecule has 5 nitrogen and oxygen atoms in total. The Balaban J connectivity index is 1.48. The van der Waals surface area contributed by atoms with Gasteiger partial charge in [-0.1, -0.05) is 23.7 Å². The highest BCUT2D eigenvalue weighted by Crippen LogP contribution is 2.21. The molecule has 0 bridgehead atoms. The number of benzene rings is 1. The lowest BCUT2D eigenvalue weighted by Gasteiger charge is -2.20. The Morgan fingerprint density at radius 2 is 2.13 bits per heavy atom. The second-order valence-corrected chi connectivity index (χ2v) is 6.62. The third kappa shape index (κ3) is 4.24. The SMILES string of the molecule is O=C(NCc1ccc(Cl)cc1)C1CC(=O)N(CC2CCCO2)C1. The Morgan fingerprint density at radius 1 is 1.35 bits per heavy atom. The van der Waals surface area contributed by atoms with Crippen molar-refractivity contribution < 1.29 is 14.3 Å². The van der Waals surface area contributed by atoms with Gasteiger partial charge in [0.25, 0.3) is 0 Å². The molecule has 2 amide bonds. The van der Waals surface area contributed by atoms with Crippen LogP contribution in [0.5, 0.6) is 0 Å². The van der Waals surface area contributed by atoms with E-state index in [1.807, 2.05) is 12.1 Å². The van der Waals surface area contributed by atoms with Crippen molar-refractivity contribution in [3.05, 3.63) is 34.9 Å². The first-order valence-corrected chi connectivity index (χ1v) is 8.41. The Labute approximate surface area is 140 Å². The van der Waals surface area contributed by atoms with Gasteiger partial charge in [0.2, 0.25) is 11.8 Å². The van der Waals surface area contributed by atoms with E-state index in [-0.39, 0.29) is 23.8 Å². The molecule has 1 aromatic rings. The van der Waals surface area contributed by atoms with Crippen molar-refractivity contribution >= 4 is 23.4 Å². The molecular weight excluding hydrogens is 316 g/mol. The highest BCUT2D eigenvalue weighted by atomic mass is 35.5. The molecule has 2 aliphatic heterocycles. The fourth-order valence-electron chi connectivity index (χ4n) is 3.09. The quantitative estimate of drug-likeness (QED) is 0.894. The summed E-state index contributed by atoms with van der Waals surface area (Å²) < 4.78 is 5.57. The van der Waals surface area contributed by atoms with Crippen LogP contribution >= 0.6 is 11.6 Å². The minimum atomic E-state index is -0.267. The molecule has 2 heterocycles. The predicted octanol–water partition coefficient (Wildman–Crippen LogP) is 1.98. The minimum Gasteiger partial charge on any atom is -0.376 e. The number of rotatable bonds is 5. The molecule has 2 fully saturated rings. The Hall–Kier alpha value is -1.59. The Kier molecular flexibility index (Phi) is 5.18. The van der Waals surface area contributed by atoms with Gasteiger partial charge in [0.05, 0.1) is 12.0 Å². The number of amides is 2. The fraction of sp³-hybridized carbons (Fsp3) is 0.529. The van der Waals surface area contributed by atoms with Gasteiger partial charge < -0.3 is 15.0 Å². The summed E-state index contributed by atoms with van der Waals surface area (Å²) >= 11 is 5.84. The molecule has 3 rings (SSSR count). The zero-order valence-corrected chi connectivity index (χ0v) is 13.7. The number of ether oxygens (including phenoxy) is 1. The first kappa shape index (κ1) is 16.3. The summed E-state index contributed by atoms with van der Waals surface area (Å²) in [6, 6.07) is 7.36. The van der Waals surface area contributed by atoms with Crippen molar-refractivity contribution in [3.63, 3.8) is 0 Å². The van der Waals surface area contributed by atoms with Crippen LogP contribution in [0.15, 0.2) is 24.3 Å². The van der Waals surface area contributed by atoms with Crippen LogP contribution in [-0.4, -0.2) is 42.5 Å². The molecule has 0 aromatic heterocycles. The second kappa shape index (κ2) is 7.32. The molecule has 1 N–H and O–H groups in total. The molecule has 0 aliphatic carbocycles. The normalized spacial score (nSPS) is 24.2. The van der Waals surface area contributed by atoms with Crippen LogP contribution in [0.2, 0.25) is 5.02 Å². The molecule has 124 valence electrons. The van der Waals surface area contributed by atoms with E-state index in [2.05, 4.69) is 5.32 Å². The van der Waals surface area contributed by atoms with E-state index >= 15 is 0 Å². The number of nitrogens with one attached hydrogen (secondary N) is 1. The lowest BCUT2D eigenvalue weighted by Crippen LogP contribution is -2.35. The molecule has 0 spiro atoms. The topological polar surface area (TPSA) is 58.6 Å². The summed E-state index contributed by atoms with van der Waals surface area (Å²) in [5.41, 5.74) is 0.989. The maximum atomic E-state index is 12.3. The van der Waals surface area contributed by atoms with E-state index in [1.54, 1.807) is 17.0 Å². The standard InChI is InChI=1S/C17H21ClN2O3/c18-14-5-3-12(4-6-14)9-19-17(22)13-8-16(21)20(10-13)11-15-2-1-7-23-15/h3-6,13,15H,1-2,7-11H2,(H,19,22). The molecule has 1 aromatic carbocycles. The molecule has 2 atom stereocenters. The maximum Gasteiger partial charge on any atom is 0.225 e. The van der Waals surface area contributed by atoms with Gasteiger partial charge in [-0.25, -0.2) is 0 Å². The molecule has 23 heavy (non-hydrogen) atoms. The second-order valence-electron chi connectivity index (χ2n) is 6.18. The molecule has 2 aliphatic rings. The Bertz CT molecular complexity index is 570. The zero-order valence-electron chi connectivity index (χ0n) is 13.0. The first-order chi connectivity index (χ1) is 11.1. The van der Waals surface area contributed by atoms with Crippen molar-refractivity contribution in [3.8, 4) is 0 Å². The van der Waals surface area contributed by atoms with Crippen LogP contribution in [0.4, 0.5) is 0 Å². The molecule has 2 unspecified atom stereocenters. The molecular formula is C17H21ClN2O3. The van der Waals surface area contributed by atoms with E-state index in [4.69, 9.17) is 16.3 Å². The van der Waals surface area contributed by atoms with Crippen LogP contribution < -0.4 is 5.32 Å². The summed E-state index contributed by atoms with van der Waals surface area (Å²) in [7, 11) is 0. The number of halogens is 1. The van der Waals surface area contributed by atoms with E-state index in [0.29, 0.717) is 31.1 Å². The average molecular weight is 337 g/mol. The molecule has 6 heteroatoms. The zero-order chi connectivity index (χ0) is 16.2. The third-order valence-corrected chi connectivity index (χ3v) is 4.67. The van der Waals surface area contributed by atoms with E-state index < -0.39 is 0 Å². The van der Waals surface area contributed by atoms with Crippen molar-refractivity contribution in [2.45, 2.75) is 31.9 Å². The first-order valence-electron chi connectivity index (χ1n) is 8.03. The highest BCUT2D eigenvalue weighted by molar-refractivity contribution is 6.30. The maximum absolute atomic E-state index is 12.3. The number of carbonyl (C=O) groups excluding carboxylic acids is 2. The van der Waals surface area contributed by atoms with Crippen LogP contribution in [0.1, 0.15) is 24.8 Å². The van der Waals surface area contributed by atoms with Crippen LogP contribution in [0, 0.1) is 5.92 Å². The van der Waals surface area contributed by atoms with Gasteiger partial charge in [-0.3, -0.25) is 9.59 Å². The number of nitrogens with zero attached hydrogens (tertiary/aromatic N) is 1. The Morgan fingerprint density at radius 3 is 2.83 bits per heavy atom. The van der Waals surface area contributed by atoms with Crippen LogP contribution in [-0.2, 0) is 20.9 Å². The predicted molar refractivity (Wildman–Crippen MR) is 87.0 cm³/mol. The molecule has 2 saturated heterocycles. The van der Waals surface area contributed by atoms with Crippen molar-refractivity contribution in [2.75, 3.05) is 19.7 Å². The molecule has 0 saturated carbocycles. The van der Waals surface area contributed by atoms with Gasteiger partial charge >= 0.3 is 0 Å². The number of hydrogen-bond acceptors (Lipinski definition) is 3. The van der Waals surface area contributed by atoms with Gasteiger partial charge in [-0.2, -0.15) is 0 Å². The molecule has 0 radical (unpaired) electrons. The van der Waals surface area contributed by atoms with Gasteiger partial charge in [0.15, 0.2) is 0 Å². The van der Waals surface area contributed by atoms with Gasteiger partial charge in [-0.05, 0) is 30.5 Å². The van der Waals surface area contributed by atoms with Crippen molar-refractivity contribution in [1.82, 2.24) is 10.2 Å². The lowest BCUT2D eigenvalue weighted by atomic mass is 10.1. The van der Waals surface area contributed by atoms with Crippen molar-refractivity contribution in [2.24, 2.45) is 5.92 Å². The van der Waals surface area contributed by atoms with E-state index in [1.165, 1.54) is 0 Å². The summed E-state index contributed by atoms with van der Waals surface area (Å²) in [5, 5.41) is 3.58. The number of carbonyl (C=O) groups is 2. The van der Waals surface area contributed by atoms with Gasteiger partial charge in [0, 0.05) is 37.7 Å². The summed E-state index contributed by atoms with van der Waals surface area (Å²) in [5.74, 6) is -0.286.